The molecule has 0 bridgehead atoms. The molecule has 2 aromatic carbocycles. The molecule has 0 amide bonds. The van der Waals surface area contributed by atoms with E-state index in [0.29, 0.717) is 6.04 Å². The molecule has 1 aliphatic carbocycles. The smallest absolute Gasteiger partial charge is 0.0599 e. The molecule has 1 atom stereocenters. The third kappa shape index (κ3) is 2.86. The maximum atomic E-state index is 6.19. The van der Waals surface area contributed by atoms with Crippen LogP contribution in [0, 0.1) is 0 Å². The van der Waals surface area contributed by atoms with Crippen LogP contribution in [0.5, 0.6) is 0 Å². The van der Waals surface area contributed by atoms with Gasteiger partial charge >= 0.3 is 0 Å². The molecule has 0 aromatic heterocycles. The lowest BCUT2D eigenvalue weighted by Crippen LogP contribution is -2.31. The molecule has 1 saturated carbocycles. The number of nitrogen functional groups attached to an aromatic ring is 1. The van der Waals surface area contributed by atoms with Crippen molar-refractivity contribution in [3.8, 4) is 0 Å². The molecule has 1 aliphatic rings. The monoisotopic (exact) mass is 266 g/mol. The van der Waals surface area contributed by atoms with Crippen LogP contribution >= 0.6 is 0 Å². The SMILES string of the molecule is Nc1ccccc1C(NC1CCCC1)c1ccccc1. The summed E-state index contributed by atoms with van der Waals surface area (Å²) in [5.41, 5.74) is 9.54. The van der Waals surface area contributed by atoms with Crippen LogP contribution in [0.15, 0.2) is 54.6 Å². The van der Waals surface area contributed by atoms with Gasteiger partial charge in [-0.25, -0.2) is 0 Å². The highest BCUT2D eigenvalue weighted by atomic mass is 15.0. The number of para-hydroxylation sites is 1. The van der Waals surface area contributed by atoms with Crippen molar-refractivity contribution in [1.29, 1.82) is 0 Å². The first-order chi connectivity index (χ1) is 9.84. The van der Waals surface area contributed by atoms with Crippen LogP contribution in [0.4, 0.5) is 5.69 Å². The van der Waals surface area contributed by atoms with Crippen LogP contribution in [0.2, 0.25) is 0 Å². The minimum absolute atomic E-state index is 0.195. The summed E-state index contributed by atoms with van der Waals surface area (Å²) in [6.07, 6.45) is 5.22. The van der Waals surface area contributed by atoms with Crippen molar-refractivity contribution in [2.45, 2.75) is 37.8 Å². The summed E-state index contributed by atoms with van der Waals surface area (Å²) < 4.78 is 0. The summed E-state index contributed by atoms with van der Waals surface area (Å²) in [5.74, 6) is 0. The fourth-order valence-corrected chi connectivity index (χ4v) is 3.11. The molecule has 0 aliphatic heterocycles. The highest BCUT2D eigenvalue weighted by molar-refractivity contribution is 5.51. The molecule has 1 fully saturated rings. The number of hydrogen-bond donors (Lipinski definition) is 2. The molecule has 2 heteroatoms. The highest BCUT2D eigenvalue weighted by Gasteiger charge is 2.22. The summed E-state index contributed by atoms with van der Waals surface area (Å²) in [7, 11) is 0. The summed E-state index contributed by atoms with van der Waals surface area (Å²) in [4.78, 5) is 0. The van der Waals surface area contributed by atoms with Gasteiger partial charge in [-0.2, -0.15) is 0 Å². The number of hydrogen-bond acceptors (Lipinski definition) is 2. The number of benzene rings is 2. The van der Waals surface area contributed by atoms with E-state index in [0.717, 1.165) is 5.69 Å². The van der Waals surface area contributed by atoms with Crippen molar-refractivity contribution < 1.29 is 0 Å². The third-order valence-corrected chi connectivity index (χ3v) is 4.20. The molecule has 20 heavy (non-hydrogen) atoms. The fourth-order valence-electron chi connectivity index (χ4n) is 3.11. The van der Waals surface area contributed by atoms with E-state index in [4.69, 9.17) is 5.73 Å². The van der Waals surface area contributed by atoms with Gasteiger partial charge in [0.15, 0.2) is 0 Å². The standard InChI is InChI=1S/C18H22N2/c19-17-13-7-6-12-16(17)18(14-8-2-1-3-9-14)20-15-10-4-5-11-15/h1-3,6-9,12-13,15,18,20H,4-5,10-11,19H2. The van der Waals surface area contributed by atoms with Crippen LogP contribution in [0.25, 0.3) is 0 Å². The lowest BCUT2D eigenvalue weighted by atomic mass is 9.96. The summed E-state index contributed by atoms with van der Waals surface area (Å²) >= 11 is 0. The Bertz CT molecular complexity index is 544. The van der Waals surface area contributed by atoms with Crippen molar-refractivity contribution in [2.24, 2.45) is 0 Å². The molecule has 2 aromatic rings. The molecule has 3 N–H and O–H groups in total. The number of anilines is 1. The Kier molecular flexibility index (Phi) is 4.03. The Hall–Kier alpha value is -1.80. The van der Waals surface area contributed by atoms with Crippen LogP contribution in [0.1, 0.15) is 42.9 Å². The minimum atomic E-state index is 0.195. The fraction of sp³-hybridized carbons (Fsp3) is 0.333. The zero-order chi connectivity index (χ0) is 13.8. The highest BCUT2D eigenvalue weighted by Crippen LogP contribution is 2.29. The van der Waals surface area contributed by atoms with E-state index >= 15 is 0 Å². The number of rotatable bonds is 4. The lowest BCUT2D eigenvalue weighted by molar-refractivity contribution is 0.480. The van der Waals surface area contributed by atoms with Gasteiger partial charge in [0.1, 0.15) is 0 Å². The predicted molar refractivity (Wildman–Crippen MR) is 84.5 cm³/mol. The zero-order valence-electron chi connectivity index (χ0n) is 11.8. The average molecular weight is 266 g/mol. The zero-order valence-corrected chi connectivity index (χ0v) is 11.8. The molecule has 1 unspecified atom stereocenters. The summed E-state index contributed by atoms with van der Waals surface area (Å²) in [6.45, 7) is 0. The second-order valence-electron chi connectivity index (χ2n) is 5.62. The first-order valence-electron chi connectivity index (χ1n) is 7.50. The maximum Gasteiger partial charge on any atom is 0.0599 e. The normalized spacial score (nSPS) is 17.2. The topological polar surface area (TPSA) is 38.0 Å². The van der Waals surface area contributed by atoms with E-state index in [2.05, 4.69) is 47.8 Å². The van der Waals surface area contributed by atoms with Crippen molar-refractivity contribution in [3.05, 3.63) is 65.7 Å². The Morgan fingerprint density at radius 1 is 0.900 bits per heavy atom. The Labute approximate surface area is 121 Å². The van der Waals surface area contributed by atoms with Crippen LogP contribution in [-0.2, 0) is 0 Å². The van der Waals surface area contributed by atoms with E-state index in [1.165, 1.54) is 36.8 Å². The van der Waals surface area contributed by atoms with Gasteiger partial charge in [0, 0.05) is 11.7 Å². The quantitative estimate of drug-likeness (QED) is 0.824. The van der Waals surface area contributed by atoms with E-state index in [-0.39, 0.29) is 6.04 Å². The number of nitrogens with one attached hydrogen (secondary N) is 1. The van der Waals surface area contributed by atoms with E-state index < -0.39 is 0 Å². The largest absolute Gasteiger partial charge is 0.398 e. The Morgan fingerprint density at radius 2 is 1.55 bits per heavy atom. The van der Waals surface area contributed by atoms with Gasteiger partial charge in [-0.05, 0) is 30.0 Å². The van der Waals surface area contributed by atoms with Crippen molar-refractivity contribution in [3.63, 3.8) is 0 Å². The first-order valence-corrected chi connectivity index (χ1v) is 7.50. The Balaban J connectivity index is 1.92. The third-order valence-electron chi connectivity index (χ3n) is 4.20. The van der Waals surface area contributed by atoms with Gasteiger partial charge in [0.05, 0.1) is 6.04 Å². The van der Waals surface area contributed by atoms with Gasteiger partial charge in [-0.1, -0.05) is 61.4 Å². The van der Waals surface area contributed by atoms with Crippen LogP contribution in [-0.4, -0.2) is 6.04 Å². The van der Waals surface area contributed by atoms with Gasteiger partial charge in [0.2, 0.25) is 0 Å². The van der Waals surface area contributed by atoms with E-state index in [9.17, 15) is 0 Å². The van der Waals surface area contributed by atoms with Gasteiger partial charge in [0.25, 0.3) is 0 Å². The molecular formula is C18H22N2. The van der Waals surface area contributed by atoms with Crippen LogP contribution in [0.3, 0.4) is 0 Å². The van der Waals surface area contributed by atoms with Crippen LogP contribution < -0.4 is 11.1 Å². The van der Waals surface area contributed by atoms with Crippen molar-refractivity contribution in [2.75, 3.05) is 5.73 Å². The molecular weight excluding hydrogens is 244 g/mol. The summed E-state index contributed by atoms with van der Waals surface area (Å²) in [5, 5.41) is 3.81. The molecule has 0 saturated heterocycles. The molecule has 0 heterocycles. The van der Waals surface area contributed by atoms with Crippen molar-refractivity contribution >= 4 is 5.69 Å². The number of nitrogens with two attached hydrogens (primary N) is 1. The minimum Gasteiger partial charge on any atom is -0.398 e. The van der Waals surface area contributed by atoms with E-state index in [1.54, 1.807) is 0 Å². The van der Waals surface area contributed by atoms with Gasteiger partial charge < -0.3 is 11.1 Å². The lowest BCUT2D eigenvalue weighted by Gasteiger charge is -2.25. The Morgan fingerprint density at radius 3 is 2.25 bits per heavy atom. The van der Waals surface area contributed by atoms with Gasteiger partial charge in [-0.3, -0.25) is 0 Å². The van der Waals surface area contributed by atoms with Crippen molar-refractivity contribution in [1.82, 2.24) is 5.32 Å². The second kappa shape index (κ2) is 6.10. The molecule has 2 nitrogen and oxygen atoms in total. The predicted octanol–water partition coefficient (Wildman–Crippen LogP) is 3.89. The first kappa shape index (κ1) is 13.2. The molecule has 0 radical (unpaired) electrons. The average Bonchev–Trinajstić information content (AvgIpc) is 3.00. The maximum absolute atomic E-state index is 6.19. The summed E-state index contributed by atoms with van der Waals surface area (Å²) in [6, 6.07) is 19.6. The van der Waals surface area contributed by atoms with E-state index in [1.807, 2.05) is 12.1 Å². The molecule has 3 rings (SSSR count). The second-order valence-corrected chi connectivity index (χ2v) is 5.62. The van der Waals surface area contributed by atoms with Gasteiger partial charge in [-0.15, -0.1) is 0 Å². The molecule has 0 spiro atoms. The molecule has 104 valence electrons.